The molecule has 84 valence electrons. The lowest BCUT2D eigenvalue weighted by Gasteiger charge is -2.08. The molecule has 0 amide bonds. The summed E-state index contributed by atoms with van der Waals surface area (Å²) in [5.41, 5.74) is 3.93. The van der Waals surface area contributed by atoms with E-state index < -0.39 is 0 Å². The van der Waals surface area contributed by atoms with Crippen molar-refractivity contribution in [1.29, 1.82) is 5.26 Å². The number of halogens is 1. The lowest BCUT2D eigenvalue weighted by Crippen LogP contribution is -1.90. The summed E-state index contributed by atoms with van der Waals surface area (Å²) in [5.74, 6) is 0. The minimum Gasteiger partial charge on any atom is -0.193 e. The Bertz CT molecular complexity index is 452. The summed E-state index contributed by atoms with van der Waals surface area (Å²) < 4.78 is 0. The number of rotatable bonds is 3. The van der Waals surface area contributed by atoms with E-state index in [4.69, 9.17) is 16.9 Å². The van der Waals surface area contributed by atoms with Crippen LogP contribution in [0.5, 0.6) is 0 Å². The van der Waals surface area contributed by atoms with Crippen LogP contribution in [0.25, 0.3) is 5.03 Å². The molecule has 0 fully saturated rings. The molecule has 16 heavy (non-hydrogen) atoms. The Morgan fingerprint density at radius 1 is 1.38 bits per heavy atom. The molecular formula is C14H16ClN. The molecule has 0 radical (unpaired) electrons. The fourth-order valence-electron chi connectivity index (χ4n) is 1.60. The lowest BCUT2D eigenvalue weighted by atomic mass is 10.0. The van der Waals surface area contributed by atoms with Crippen LogP contribution in [0.4, 0.5) is 0 Å². The first kappa shape index (κ1) is 12.8. The molecule has 0 N–H and O–H groups in total. The van der Waals surface area contributed by atoms with E-state index in [1.165, 1.54) is 0 Å². The zero-order chi connectivity index (χ0) is 12.1. The summed E-state index contributed by atoms with van der Waals surface area (Å²) in [5, 5.41) is 9.66. The maximum absolute atomic E-state index is 9.06. The van der Waals surface area contributed by atoms with Crippen molar-refractivity contribution >= 4 is 16.6 Å². The number of benzene rings is 1. The minimum absolute atomic E-state index is 0.602. The second-order valence-electron chi connectivity index (χ2n) is 3.97. The maximum Gasteiger partial charge on any atom is 0.0962 e. The SMILES string of the molecule is CCCC(C#N)=C(Cl)c1cc(C)ccc1C. The minimum atomic E-state index is 0.602. The first-order valence-corrected chi connectivity index (χ1v) is 5.84. The molecule has 0 aromatic heterocycles. The largest absolute Gasteiger partial charge is 0.193 e. The van der Waals surface area contributed by atoms with Crippen LogP contribution in [0.3, 0.4) is 0 Å². The number of hydrogen-bond donors (Lipinski definition) is 0. The molecule has 0 aliphatic carbocycles. The molecule has 2 heteroatoms. The van der Waals surface area contributed by atoms with E-state index in [1.807, 2.05) is 32.9 Å². The first-order chi connectivity index (χ1) is 7.60. The number of hydrogen-bond acceptors (Lipinski definition) is 1. The molecule has 0 saturated carbocycles. The summed E-state index contributed by atoms with van der Waals surface area (Å²) in [7, 11) is 0. The third kappa shape index (κ3) is 2.87. The number of nitriles is 1. The molecule has 1 rings (SSSR count). The van der Waals surface area contributed by atoms with Crippen LogP contribution in [0, 0.1) is 25.2 Å². The average Bonchev–Trinajstić information content (AvgIpc) is 2.28. The van der Waals surface area contributed by atoms with Crippen LogP contribution < -0.4 is 0 Å². The molecular weight excluding hydrogens is 218 g/mol. The van der Waals surface area contributed by atoms with Crippen molar-refractivity contribution in [3.63, 3.8) is 0 Å². The molecule has 1 aromatic carbocycles. The van der Waals surface area contributed by atoms with E-state index in [-0.39, 0.29) is 0 Å². The smallest absolute Gasteiger partial charge is 0.0962 e. The molecule has 0 heterocycles. The van der Waals surface area contributed by atoms with Crippen LogP contribution in [-0.4, -0.2) is 0 Å². The predicted molar refractivity (Wildman–Crippen MR) is 69.2 cm³/mol. The fraction of sp³-hybridized carbons (Fsp3) is 0.357. The van der Waals surface area contributed by atoms with Gasteiger partial charge in [-0.2, -0.15) is 5.26 Å². The molecule has 0 bridgehead atoms. The van der Waals surface area contributed by atoms with Crippen LogP contribution in [-0.2, 0) is 0 Å². The molecule has 0 unspecified atom stereocenters. The van der Waals surface area contributed by atoms with Crippen LogP contribution in [0.1, 0.15) is 36.5 Å². The van der Waals surface area contributed by atoms with Gasteiger partial charge in [0.1, 0.15) is 0 Å². The molecule has 0 aliphatic heterocycles. The normalized spacial score (nSPS) is 11.9. The standard InChI is InChI=1S/C14H16ClN/c1-4-5-12(9-16)14(15)13-8-10(2)6-7-11(13)3/h6-8H,4-5H2,1-3H3. The highest BCUT2D eigenvalue weighted by Crippen LogP contribution is 2.28. The number of allylic oxidation sites excluding steroid dienone is 1. The average molecular weight is 234 g/mol. The molecule has 0 saturated heterocycles. The van der Waals surface area contributed by atoms with Crippen molar-refractivity contribution in [2.45, 2.75) is 33.6 Å². The van der Waals surface area contributed by atoms with E-state index in [1.54, 1.807) is 0 Å². The van der Waals surface area contributed by atoms with Crippen molar-refractivity contribution in [3.8, 4) is 6.07 Å². The van der Waals surface area contributed by atoms with Gasteiger partial charge >= 0.3 is 0 Å². The predicted octanol–water partition coefficient (Wildman–Crippen LogP) is 4.58. The van der Waals surface area contributed by atoms with E-state index in [2.05, 4.69) is 12.1 Å². The molecule has 1 aromatic rings. The first-order valence-electron chi connectivity index (χ1n) is 5.46. The highest BCUT2D eigenvalue weighted by atomic mass is 35.5. The Kier molecular flexibility index (Phi) is 4.58. The van der Waals surface area contributed by atoms with Gasteiger partial charge in [-0.3, -0.25) is 0 Å². The van der Waals surface area contributed by atoms with Gasteiger partial charge in [-0.05, 0) is 31.4 Å². The second-order valence-corrected chi connectivity index (χ2v) is 4.35. The molecule has 0 atom stereocenters. The quantitative estimate of drug-likeness (QED) is 0.702. The number of aryl methyl sites for hydroxylation is 2. The molecule has 0 spiro atoms. The van der Waals surface area contributed by atoms with Gasteiger partial charge in [-0.1, -0.05) is 48.7 Å². The highest BCUT2D eigenvalue weighted by Gasteiger charge is 2.08. The Labute approximate surface area is 102 Å². The summed E-state index contributed by atoms with van der Waals surface area (Å²) in [6.45, 7) is 6.08. The van der Waals surface area contributed by atoms with Gasteiger partial charge in [-0.15, -0.1) is 0 Å². The van der Waals surface area contributed by atoms with Crippen LogP contribution >= 0.6 is 11.6 Å². The molecule has 0 aliphatic rings. The zero-order valence-corrected chi connectivity index (χ0v) is 10.7. The van der Waals surface area contributed by atoms with E-state index >= 15 is 0 Å². The van der Waals surface area contributed by atoms with Crippen LogP contribution in [0.15, 0.2) is 23.8 Å². The Morgan fingerprint density at radius 3 is 2.62 bits per heavy atom. The third-order valence-electron chi connectivity index (χ3n) is 2.53. The Hall–Kier alpha value is -1.26. The maximum atomic E-state index is 9.06. The summed E-state index contributed by atoms with van der Waals surface area (Å²) >= 11 is 6.29. The van der Waals surface area contributed by atoms with Crippen molar-refractivity contribution in [3.05, 3.63) is 40.5 Å². The third-order valence-corrected chi connectivity index (χ3v) is 2.96. The highest BCUT2D eigenvalue weighted by molar-refractivity contribution is 6.49. The van der Waals surface area contributed by atoms with E-state index in [0.29, 0.717) is 10.6 Å². The van der Waals surface area contributed by atoms with Gasteiger partial charge in [0.15, 0.2) is 0 Å². The number of nitrogens with zero attached hydrogens (tertiary/aromatic N) is 1. The van der Waals surface area contributed by atoms with Crippen molar-refractivity contribution in [2.75, 3.05) is 0 Å². The van der Waals surface area contributed by atoms with Gasteiger partial charge in [0.2, 0.25) is 0 Å². The van der Waals surface area contributed by atoms with Gasteiger partial charge in [0.05, 0.1) is 11.1 Å². The molecule has 1 nitrogen and oxygen atoms in total. The summed E-state index contributed by atoms with van der Waals surface area (Å²) in [4.78, 5) is 0. The summed E-state index contributed by atoms with van der Waals surface area (Å²) in [6.07, 6.45) is 1.67. The Morgan fingerprint density at radius 2 is 2.06 bits per heavy atom. The van der Waals surface area contributed by atoms with Crippen molar-refractivity contribution < 1.29 is 0 Å². The van der Waals surface area contributed by atoms with Crippen molar-refractivity contribution in [1.82, 2.24) is 0 Å². The topological polar surface area (TPSA) is 23.8 Å². The van der Waals surface area contributed by atoms with Gasteiger partial charge in [0.25, 0.3) is 0 Å². The zero-order valence-electron chi connectivity index (χ0n) is 9.97. The van der Waals surface area contributed by atoms with E-state index in [9.17, 15) is 0 Å². The van der Waals surface area contributed by atoms with Gasteiger partial charge in [-0.25, -0.2) is 0 Å². The summed E-state index contributed by atoms with van der Waals surface area (Å²) in [6, 6.07) is 8.31. The van der Waals surface area contributed by atoms with Crippen LogP contribution in [0.2, 0.25) is 0 Å². The van der Waals surface area contributed by atoms with Gasteiger partial charge in [0, 0.05) is 5.57 Å². The van der Waals surface area contributed by atoms with Crippen molar-refractivity contribution in [2.24, 2.45) is 0 Å². The van der Waals surface area contributed by atoms with Gasteiger partial charge < -0.3 is 0 Å². The Balaban J connectivity index is 3.27. The fourth-order valence-corrected chi connectivity index (χ4v) is 1.94. The monoisotopic (exact) mass is 233 g/mol. The van der Waals surface area contributed by atoms with E-state index in [0.717, 1.165) is 29.5 Å². The lowest BCUT2D eigenvalue weighted by molar-refractivity contribution is 0.933. The second kappa shape index (κ2) is 5.72.